The molecular formula is C11H19NO2. The van der Waals surface area contributed by atoms with Gasteiger partial charge in [0.15, 0.2) is 0 Å². The molecule has 1 spiro atoms. The number of carbonyl (C=O) groups excluding carboxylic acids is 1. The Morgan fingerprint density at radius 1 is 1.36 bits per heavy atom. The minimum Gasteiger partial charge on any atom is -0.381 e. The van der Waals surface area contributed by atoms with Crippen molar-refractivity contribution in [2.75, 3.05) is 26.3 Å². The van der Waals surface area contributed by atoms with Crippen molar-refractivity contribution in [3.63, 3.8) is 0 Å². The van der Waals surface area contributed by atoms with Gasteiger partial charge in [-0.2, -0.15) is 0 Å². The Balaban J connectivity index is 1.79. The topological polar surface area (TPSA) is 29.5 Å². The Morgan fingerprint density at radius 3 is 2.57 bits per heavy atom. The van der Waals surface area contributed by atoms with Gasteiger partial charge in [0, 0.05) is 38.1 Å². The van der Waals surface area contributed by atoms with Crippen molar-refractivity contribution < 1.29 is 9.53 Å². The Labute approximate surface area is 85.4 Å². The number of hydrogen-bond donors (Lipinski definition) is 0. The molecule has 0 saturated carbocycles. The predicted molar refractivity (Wildman–Crippen MR) is 54.0 cm³/mol. The quantitative estimate of drug-likeness (QED) is 0.670. The maximum atomic E-state index is 11.5. The minimum atomic E-state index is 0.338. The van der Waals surface area contributed by atoms with Gasteiger partial charge in [-0.25, -0.2) is 0 Å². The van der Waals surface area contributed by atoms with E-state index < -0.39 is 0 Å². The van der Waals surface area contributed by atoms with Crippen LogP contribution in [0.1, 0.15) is 32.6 Å². The molecule has 2 saturated heterocycles. The van der Waals surface area contributed by atoms with Gasteiger partial charge in [-0.05, 0) is 19.3 Å². The molecule has 0 unspecified atom stereocenters. The fourth-order valence-electron chi connectivity index (χ4n) is 2.43. The van der Waals surface area contributed by atoms with E-state index in [1.54, 1.807) is 0 Å². The van der Waals surface area contributed by atoms with E-state index in [0.29, 0.717) is 17.7 Å². The third-order valence-corrected chi connectivity index (χ3v) is 3.42. The molecule has 0 N–H and O–H groups in total. The molecule has 3 nitrogen and oxygen atoms in total. The van der Waals surface area contributed by atoms with Gasteiger partial charge in [0.25, 0.3) is 0 Å². The molecule has 2 rings (SSSR count). The van der Waals surface area contributed by atoms with Gasteiger partial charge < -0.3 is 9.64 Å². The van der Waals surface area contributed by atoms with E-state index in [-0.39, 0.29) is 0 Å². The summed E-state index contributed by atoms with van der Waals surface area (Å²) in [5, 5.41) is 0. The summed E-state index contributed by atoms with van der Waals surface area (Å²) < 4.78 is 5.34. The van der Waals surface area contributed by atoms with Gasteiger partial charge in [-0.1, -0.05) is 6.92 Å². The van der Waals surface area contributed by atoms with E-state index >= 15 is 0 Å². The maximum absolute atomic E-state index is 11.5. The molecule has 0 bridgehead atoms. The highest BCUT2D eigenvalue weighted by molar-refractivity contribution is 5.77. The second-order valence-electron chi connectivity index (χ2n) is 4.61. The zero-order valence-electron chi connectivity index (χ0n) is 8.92. The summed E-state index contributed by atoms with van der Waals surface area (Å²) in [5.41, 5.74) is 0.432. The smallest absolute Gasteiger partial charge is 0.222 e. The second-order valence-corrected chi connectivity index (χ2v) is 4.61. The Hall–Kier alpha value is -0.570. The Morgan fingerprint density at radius 2 is 2.00 bits per heavy atom. The fraction of sp³-hybridized carbons (Fsp3) is 0.909. The summed E-state index contributed by atoms with van der Waals surface area (Å²) in [5.74, 6) is 0.338. The van der Waals surface area contributed by atoms with Crippen LogP contribution < -0.4 is 0 Å². The summed E-state index contributed by atoms with van der Waals surface area (Å²) in [6.07, 6.45) is 3.96. The van der Waals surface area contributed by atoms with Crippen LogP contribution in [-0.4, -0.2) is 37.1 Å². The van der Waals surface area contributed by atoms with Crippen LogP contribution in [0.15, 0.2) is 0 Å². The molecule has 0 atom stereocenters. The highest BCUT2D eigenvalue weighted by atomic mass is 16.5. The molecule has 2 aliphatic heterocycles. The van der Waals surface area contributed by atoms with Crippen LogP contribution in [0.5, 0.6) is 0 Å². The summed E-state index contributed by atoms with van der Waals surface area (Å²) in [4.78, 5) is 13.6. The van der Waals surface area contributed by atoms with E-state index in [0.717, 1.165) is 45.6 Å². The molecule has 80 valence electrons. The van der Waals surface area contributed by atoms with Crippen molar-refractivity contribution in [3.05, 3.63) is 0 Å². The van der Waals surface area contributed by atoms with Crippen molar-refractivity contribution in [2.45, 2.75) is 32.6 Å². The third kappa shape index (κ3) is 1.78. The minimum absolute atomic E-state index is 0.338. The van der Waals surface area contributed by atoms with E-state index in [1.807, 2.05) is 4.90 Å². The summed E-state index contributed by atoms with van der Waals surface area (Å²) in [7, 11) is 0. The highest BCUT2D eigenvalue weighted by Gasteiger charge is 2.45. The maximum Gasteiger partial charge on any atom is 0.222 e. The van der Waals surface area contributed by atoms with Crippen LogP contribution in [0.25, 0.3) is 0 Å². The average Bonchev–Trinajstić information content (AvgIpc) is 2.16. The predicted octanol–water partition coefficient (Wildman–Crippen LogP) is 1.43. The average molecular weight is 197 g/mol. The number of ether oxygens (including phenoxy) is 1. The van der Waals surface area contributed by atoms with Gasteiger partial charge >= 0.3 is 0 Å². The SMILES string of the molecule is CCCC(=O)N1CC2(CCOCC2)C1. The number of hydrogen-bond acceptors (Lipinski definition) is 2. The first-order valence-corrected chi connectivity index (χ1v) is 5.61. The van der Waals surface area contributed by atoms with Crippen molar-refractivity contribution in [2.24, 2.45) is 5.41 Å². The van der Waals surface area contributed by atoms with Gasteiger partial charge in [0.2, 0.25) is 5.91 Å². The highest BCUT2D eigenvalue weighted by Crippen LogP contribution is 2.39. The van der Waals surface area contributed by atoms with Gasteiger partial charge in [-0.3, -0.25) is 4.79 Å². The standard InChI is InChI=1S/C11H19NO2/c1-2-3-10(13)12-8-11(9-12)4-6-14-7-5-11/h2-9H2,1H3. The van der Waals surface area contributed by atoms with E-state index in [1.165, 1.54) is 0 Å². The molecular weight excluding hydrogens is 178 g/mol. The molecule has 2 fully saturated rings. The summed E-state index contributed by atoms with van der Waals surface area (Å²) >= 11 is 0. The van der Waals surface area contributed by atoms with Crippen LogP contribution in [0.3, 0.4) is 0 Å². The molecule has 1 amide bonds. The van der Waals surface area contributed by atoms with Crippen LogP contribution in [-0.2, 0) is 9.53 Å². The molecule has 0 aliphatic carbocycles. The van der Waals surface area contributed by atoms with E-state index in [2.05, 4.69) is 6.92 Å². The van der Waals surface area contributed by atoms with Gasteiger partial charge in [0.1, 0.15) is 0 Å². The lowest BCUT2D eigenvalue weighted by atomic mass is 9.73. The number of nitrogens with zero attached hydrogens (tertiary/aromatic N) is 1. The lowest BCUT2D eigenvalue weighted by Crippen LogP contribution is -2.60. The molecule has 3 heteroatoms. The molecule has 14 heavy (non-hydrogen) atoms. The first-order chi connectivity index (χ1) is 6.76. The van der Waals surface area contributed by atoms with Crippen LogP contribution in [0, 0.1) is 5.41 Å². The van der Waals surface area contributed by atoms with Crippen molar-refractivity contribution in [1.82, 2.24) is 4.90 Å². The van der Waals surface area contributed by atoms with Crippen molar-refractivity contribution in [3.8, 4) is 0 Å². The zero-order valence-corrected chi connectivity index (χ0v) is 8.92. The Bertz CT molecular complexity index is 213. The monoisotopic (exact) mass is 197 g/mol. The van der Waals surface area contributed by atoms with Gasteiger partial charge in [-0.15, -0.1) is 0 Å². The molecule has 0 aromatic carbocycles. The van der Waals surface area contributed by atoms with E-state index in [4.69, 9.17) is 4.74 Å². The van der Waals surface area contributed by atoms with E-state index in [9.17, 15) is 4.79 Å². The summed E-state index contributed by atoms with van der Waals surface area (Å²) in [6, 6.07) is 0. The zero-order chi connectivity index (χ0) is 10.0. The third-order valence-electron chi connectivity index (χ3n) is 3.42. The molecule has 2 aliphatic rings. The first kappa shape index (κ1) is 9.97. The summed E-state index contributed by atoms with van der Waals surface area (Å²) in [6.45, 7) is 5.79. The molecule has 0 aromatic rings. The largest absolute Gasteiger partial charge is 0.381 e. The van der Waals surface area contributed by atoms with Gasteiger partial charge in [0.05, 0.1) is 0 Å². The second kappa shape index (κ2) is 3.89. The number of rotatable bonds is 2. The number of likely N-dealkylation sites (tertiary alicyclic amines) is 1. The molecule has 0 radical (unpaired) electrons. The fourth-order valence-corrected chi connectivity index (χ4v) is 2.43. The first-order valence-electron chi connectivity index (χ1n) is 5.61. The van der Waals surface area contributed by atoms with Crippen LogP contribution in [0.4, 0.5) is 0 Å². The number of carbonyl (C=O) groups is 1. The van der Waals surface area contributed by atoms with Crippen molar-refractivity contribution >= 4 is 5.91 Å². The lowest BCUT2D eigenvalue weighted by molar-refractivity contribution is -0.150. The lowest BCUT2D eigenvalue weighted by Gasteiger charge is -2.52. The number of amides is 1. The molecule has 2 heterocycles. The molecule has 0 aromatic heterocycles. The Kier molecular flexibility index (Phi) is 2.77. The van der Waals surface area contributed by atoms with Crippen molar-refractivity contribution in [1.29, 1.82) is 0 Å². The normalized spacial score (nSPS) is 24.8. The van der Waals surface area contributed by atoms with Crippen LogP contribution >= 0.6 is 0 Å². The van der Waals surface area contributed by atoms with Crippen LogP contribution in [0.2, 0.25) is 0 Å².